The lowest BCUT2D eigenvalue weighted by atomic mass is 9.91. The van der Waals surface area contributed by atoms with Crippen molar-refractivity contribution < 1.29 is 9.13 Å². The second-order valence-electron chi connectivity index (χ2n) is 11.1. The molecule has 0 bridgehead atoms. The van der Waals surface area contributed by atoms with Gasteiger partial charge in [0.1, 0.15) is 0 Å². The Kier molecular flexibility index (Phi) is 5.82. The van der Waals surface area contributed by atoms with Gasteiger partial charge in [-0.3, -0.25) is 4.98 Å². The van der Waals surface area contributed by atoms with Gasteiger partial charge in [0.25, 0.3) is 0 Å². The SMILES string of the molecule is Cc1cc(C)c2c(c1)-c1c3ccc4c(C)nc(C)cc4c3cc[n+]1C[n+]1ccccc1-c1ccccc1C/C=C/2. The fourth-order valence-electron chi connectivity index (χ4n) is 6.53. The van der Waals surface area contributed by atoms with E-state index in [9.17, 15) is 0 Å². The Labute approximate surface area is 235 Å². The van der Waals surface area contributed by atoms with Crippen molar-refractivity contribution in [1.82, 2.24) is 4.98 Å². The van der Waals surface area contributed by atoms with Gasteiger partial charge in [-0.15, -0.1) is 9.13 Å². The van der Waals surface area contributed by atoms with Crippen LogP contribution in [0.15, 0.2) is 97.3 Å². The number of benzene rings is 3. The smallest absolute Gasteiger partial charge is 0.258 e. The number of pyridine rings is 3. The number of fused-ring (bicyclic) bond motifs is 10. The Bertz CT molecular complexity index is 2000. The highest BCUT2D eigenvalue weighted by molar-refractivity contribution is 6.11. The first-order valence-corrected chi connectivity index (χ1v) is 14.1. The molecule has 0 saturated heterocycles. The van der Waals surface area contributed by atoms with Gasteiger partial charge in [0.2, 0.25) is 11.4 Å². The number of aromatic nitrogens is 3. The normalized spacial score (nSPS) is 13.5. The van der Waals surface area contributed by atoms with Crippen molar-refractivity contribution >= 4 is 27.6 Å². The fourth-order valence-corrected chi connectivity index (χ4v) is 6.53. The first kappa shape index (κ1) is 24.4. The van der Waals surface area contributed by atoms with Gasteiger partial charge >= 0.3 is 6.67 Å². The number of rotatable bonds is 0. The van der Waals surface area contributed by atoms with E-state index in [4.69, 9.17) is 4.98 Å². The average molecular weight is 520 g/mol. The molecular formula is C37H33N3+2. The van der Waals surface area contributed by atoms with Crippen molar-refractivity contribution in [2.45, 2.75) is 40.8 Å². The van der Waals surface area contributed by atoms with Gasteiger partial charge in [-0.25, -0.2) is 0 Å². The molecule has 1 aliphatic heterocycles. The first-order chi connectivity index (χ1) is 19.5. The molecular weight excluding hydrogens is 486 g/mol. The van der Waals surface area contributed by atoms with E-state index in [-0.39, 0.29) is 0 Å². The van der Waals surface area contributed by atoms with Crippen LogP contribution in [0.2, 0.25) is 0 Å². The minimum atomic E-state index is 0.707. The van der Waals surface area contributed by atoms with Gasteiger partial charge in [0.15, 0.2) is 12.4 Å². The molecule has 0 radical (unpaired) electrons. The molecule has 40 heavy (non-hydrogen) atoms. The predicted molar refractivity (Wildman–Crippen MR) is 164 cm³/mol. The highest BCUT2D eigenvalue weighted by Gasteiger charge is 2.27. The summed E-state index contributed by atoms with van der Waals surface area (Å²) in [6.07, 6.45) is 10.0. The van der Waals surface area contributed by atoms with E-state index >= 15 is 0 Å². The molecule has 3 aromatic carbocycles. The first-order valence-electron chi connectivity index (χ1n) is 14.1. The minimum absolute atomic E-state index is 0.707. The molecule has 3 heteroatoms. The summed E-state index contributed by atoms with van der Waals surface area (Å²) in [5.74, 6) is 0. The van der Waals surface area contributed by atoms with E-state index in [0.717, 1.165) is 17.8 Å². The number of hydrogen-bond donors (Lipinski definition) is 0. The molecule has 1 aliphatic rings. The van der Waals surface area contributed by atoms with E-state index in [1.54, 1.807) is 0 Å². The molecule has 4 heterocycles. The molecule has 0 spiro atoms. The lowest BCUT2D eigenvalue weighted by Gasteiger charge is -2.15. The van der Waals surface area contributed by atoms with Gasteiger partial charge in [0, 0.05) is 45.9 Å². The fraction of sp³-hybridized carbons (Fsp3) is 0.162. The quantitative estimate of drug-likeness (QED) is 0.149. The van der Waals surface area contributed by atoms with Crippen LogP contribution < -0.4 is 9.13 Å². The third-order valence-corrected chi connectivity index (χ3v) is 8.29. The highest BCUT2D eigenvalue weighted by atomic mass is 15.1. The zero-order valence-electron chi connectivity index (χ0n) is 23.6. The van der Waals surface area contributed by atoms with Crippen molar-refractivity contribution in [3.05, 3.63) is 131 Å². The van der Waals surface area contributed by atoms with Crippen LogP contribution in [0.25, 0.3) is 50.1 Å². The van der Waals surface area contributed by atoms with E-state index in [1.807, 2.05) is 0 Å². The molecule has 0 aliphatic carbocycles. The molecule has 0 fully saturated rings. The third kappa shape index (κ3) is 4.01. The lowest BCUT2D eigenvalue weighted by Crippen LogP contribution is -2.53. The van der Waals surface area contributed by atoms with Crippen LogP contribution in [0, 0.1) is 27.7 Å². The van der Waals surface area contributed by atoms with Crippen molar-refractivity contribution in [2.75, 3.05) is 0 Å². The Hall–Kier alpha value is -4.63. The molecule has 0 amide bonds. The molecule has 7 rings (SSSR count). The summed E-state index contributed by atoms with van der Waals surface area (Å²) in [5.41, 5.74) is 12.3. The number of nitrogens with zero attached hydrogens (tertiary/aromatic N) is 3. The number of aryl methyl sites for hydroxylation is 4. The van der Waals surface area contributed by atoms with Crippen molar-refractivity contribution in [3.63, 3.8) is 0 Å². The van der Waals surface area contributed by atoms with Crippen molar-refractivity contribution in [1.29, 1.82) is 0 Å². The zero-order chi connectivity index (χ0) is 27.4. The Morgan fingerprint density at radius 3 is 2.40 bits per heavy atom. The van der Waals surface area contributed by atoms with E-state index in [1.165, 1.54) is 66.3 Å². The minimum Gasteiger partial charge on any atom is -0.258 e. The van der Waals surface area contributed by atoms with Crippen LogP contribution in [0.3, 0.4) is 0 Å². The Morgan fingerprint density at radius 1 is 0.675 bits per heavy atom. The highest BCUT2D eigenvalue weighted by Crippen LogP contribution is 2.36. The molecule has 0 N–H and O–H groups in total. The van der Waals surface area contributed by atoms with Gasteiger partial charge in [0.05, 0.1) is 10.9 Å². The standard InChI is InChI=1S/C37H33N3/c1-24-20-25(2)29-13-9-11-28-10-5-6-12-31(28)36-14-7-8-18-39(36)23-40-19-17-32-33(37(40)35(29)21-24)16-15-30-27(4)38-26(3)22-34(30)32/h5-10,12-22H,11,23H2,1-4H3/q+2/b13-9+. The van der Waals surface area contributed by atoms with Crippen molar-refractivity contribution in [3.8, 4) is 22.5 Å². The zero-order valence-corrected chi connectivity index (χ0v) is 23.6. The van der Waals surface area contributed by atoms with E-state index in [0.29, 0.717) is 6.67 Å². The topological polar surface area (TPSA) is 20.6 Å². The van der Waals surface area contributed by atoms with E-state index < -0.39 is 0 Å². The summed E-state index contributed by atoms with van der Waals surface area (Å²) in [6, 6.07) is 29.1. The summed E-state index contributed by atoms with van der Waals surface area (Å²) < 4.78 is 4.80. The maximum absolute atomic E-state index is 4.75. The maximum Gasteiger partial charge on any atom is 0.344 e. The summed E-state index contributed by atoms with van der Waals surface area (Å²) in [7, 11) is 0. The molecule has 0 unspecified atom stereocenters. The average Bonchev–Trinajstić information content (AvgIpc) is 2.93. The Morgan fingerprint density at radius 2 is 1.50 bits per heavy atom. The van der Waals surface area contributed by atoms with Gasteiger partial charge in [-0.1, -0.05) is 42.5 Å². The number of allylic oxidation sites excluding steroid dienone is 1. The summed E-state index contributed by atoms with van der Waals surface area (Å²) in [4.78, 5) is 4.75. The maximum atomic E-state index is 4.75. The van der Waals surface area contributed by atoms with Crippen LogP contribution in [0.4, 0.5) is 0 Å². The second-order valence-corrected chi connectivity index (χ2v) is 11.1. The molecule has 6 aromatic rings. The van der Waals surface area contributed by atoms with Crippen LogP contribution in [-0.4, -0.2) is 4.98 Å². The van der Waals surface area contributed by atoms with Crippen LogP contribution >= 0.6 is 0 Å². The molecule has 0 atom stereocenters. The largest absolute Gasteiger partial charge is 0.344 e. The molecule has 194 valence electrons. The predicted octanol–water partition coefficient (Wildman–Crippen LogP) is 7.61. The van der Waals surface area contributed by atoms with Crippen LogP contribution in [0.1, 0.15) is 33.6 Å². The van der Waals surface area contributed by atoms with Crippen LogP contribution in [0.5, 0.6) is 0 Å². The monoisotopic (exact) mass is 519 g/mol. The molecule has 0 saturated carbocycles. The second kappa shape index (κ2) is 9.53. The molecule has 3 nitrogen and oxygen atoms in total. The van der Waals surface area contributed by atoms with Gasteiger partial charge < -0.3 is 0 Å². The van der Waals surface area contributed by atoms with Gasteiger partial charge in [-0.05, 0) is 92.1 Å². The molecule has 3 aromatic heterocycles. The van der Waals surface area contributed by atoms with Gasteiger partial charge in [-0.2, -0.15) is 0 Å². The summed E-state index contributed by atoms with van der Waals surface area (Å²) in [6.45, 7) is 9.35. The Balaban J connectivity index is 1.61. The summed E-state index contributed by atoms with van der Waals surface area (Å²) in [5, 5.41) is 5.01. The number of hydrogen-bond acceptors (Lipinski definition) is 1. The van der Waals surface area contributed by atoms with Crippen LogP contribution in [-0.2, 0) is 13.1 Å². The third-order valence-electron chi connectivity index (χ3n) is 8.29. The van der Waals surface area contributed by atoms with Crippen molar-refractivity contribution in [2.24, 2.45) is 0 Å². The van der Waals surface area contributed by atoms with E-state index in [2.05, 4.69) is 140 Å². The summed E-state index contributed by atoms with van der Waals surface area (Å²) >= 11 is 0. The lowest BCUT2D eigenvalue weighted by molar-refractivity contribution is -0.903.